The minimum absolute atomic E-state index is 0.197. The topological polar surface area (TPSA) is 77.1 Å². The SMILES string of the molecule is CC(C)(C)OC(=O)N1C[C@H](NC(=O)OCc2ccccc2)[C@@]2(CCCO2)C1. The van der Waals surface area contributed by atoms with E-state index in [-0.39, 0.29) is 18.7 Å². The summed E-state index contributed by atoms with van der Waals surface area (Å²) in [5, 5.41) is 2.89. The lowest BCUT2D eigenvalue weighted by Gasteiger charge is -2.29. The highest BCUT2D eigenvalue weighted by Gasteiger charge is 2.52. The third-order valence-electron chi connectivity index (χ3n) is 4.79. The molecule has 0 unspecified atom stereocenters. The summed E-state index contributed by atoms with van der Waals surface area (Å²) in [5.41, 5.74) is -0.217. The lowest BCUT2D eigenvalue weighted by Crippen LogP contribution is -2.51. The van der Waals surface area contributed by atoms with Crippen LogP contribution in [-0.2, 0) is 20.8 Å². The quantitative estimate of drug-likeness (QED) is 0.877. The number of rotatable bonds is 3. The van der Waals surface area contributed by atoms with E-state index in [2.05, 4.69) is 5.32 Å². The van der Waals surface area contributed by atoms with Gasteiger partial charge in [-0.15, -0.1) is 0 Å². The van der Waals surface area contributed by atoms with E-state index < -0.39 is 17.3 Å². The van der Waals surface area contributed by atoms with Gasteiger partial charge >= 0.3 is 12.2 Å². The molecule has 27 heavy (non-hydrogen) atoms. The number of hydrogen-bond acceptors (Lipinski definition) is 5. The van der Waals surface area contributed by atoms with Gasteiger partial charge in [0.25, 0.3) is 0 Å². The van der Waals surface area contributed by atoms with Gasteiger partial charge in [-0.1, -0.05) is 30.3 Å². The second-order valence-corrected chi connectivity index (χ2v) is 8.14. The molecule has 7 nitrogen and oxygen atoms in total. The summed E-state index contributed by atoms with van der Waals surface area (Å²) in [6.07, 6.45) is 0.791. The summed E-state index contributed by atoms with van der Waals surface area (Å²) >= 11 is 0. The van der Waals surface area contributed by atoms with Crippen molar-refractivity contribution in [3.63, 3.8) is 0 Å². The zero-order valence-electron chi connectivity index (χ0n) is 16.2. The molecule has 0 aromatic heterocycles. The number of amides is 2. The van der Waals surface area contributed by atoms with Crippen molar-refractivity contribution in [3.8, 4) is 0 Å². The summed E-state index contributed by atoms with van der Waals surface area (Å²) in [7, 11) is 0. The zero-order valence-corrected chi connectivity index (χ0v) is 16.2. The number of benzene rings is 1. The van der Waals surface area contributed by atoms with Gasteiger partial charge in [0.15, 0.2) is 0 Å². The van der Waals surface area contributed by atoms with E-state index in [4.69, 9.17) is 14.2 Å². The van der Waals surface area contributed by atoms with Crippen molar-refractivity contribution in [1.82, 2.24) is 10.2 Å². The van der Waals surface area contributed by atoms with Crippen LogP contribution in [0.5, 0.6) is 0 Å². The maximum absolute atomic E-state index is 12.4. The second kappa shape index (κ2) is 7.76. The van der Waals surface area contributed by atoms with Crippen LogP contribution in [0.4, 0.5) is 9.59 Å². The Morgan fingerprint density at radius 1 is 1.30 bits per heavy atom. The first-order chi connectivity index (χ1) is 12.8. The van der Waals surface area contributed by atoms with Crippen molar-refractivity contribution in [2.24, 2.45) is 0 Å². The average molecular weight is 376 g/mol. The molecule has 0 bridgehead atoms. The number of nitrogens with one attached hydrogen (secondary N) is 1. The summed E-state index contributed by atoms with van der Waals surface area (Å²) in [5.74, 6) is 0. The normalized spacial score (nSPS) is 24.9. The van der Waals surface area contributed by atoms with Crippen LogP contribution in [0.15, 0.2) is 30.3 Å². The van der Waals surface area contributed by atoms with E-state index in [1.54, 1.807) is 4.90 Å². The van der Waals surface area contributed by atoms with Gasteiger partial charge < -0.3 is 24.4 Å². The van der Waals surface area contributed by atoms with Crippen LogP contribution in [-0.4, -0.2) is 54.0 Å². The Hall–Kier alpha value is -2.28. The van der Waals surface area contributed by atoms with Crippen molar-refractivity contribution < 1.29 is 23.8 Å². The Labute approximate surface area is 160 Å². The Morgan fingerprint density at radius 2 is 2.04 bits per heavy atom. The number of carbonyl (C=O) groups is 2. The molecule has 0 radical (unpaired) electrons. The molecule has 0 saturated carbocycles. The molecule has 2 fully saturated rings. The van der Waals surface area contributed by atoms with Crippen LogP contribution in [0, 0.1) is 0 Å². The zero-order chi connectivity index (χ0) is 19.5. The monoisotopic (exact) mass is 376 g/mol. The number of ether oxygens (including phenoxy) is 3. The molecule has 1 N–H and O–H groups in total. The summed E-state index contributed by atoms with van der Waals surface area (Å²) in [6, 6.07) is 9.18. The first-order valence-corrected chi connectivity index (χ1v) is 9.37. The lowest BCUT2D eigenvalue weighted by atomic mass is 9.94. The molecule has 2 aliphatic rings. The highest BCUT2D eigenvalue weighted by molar-refractivity contribution is 5.71. The Bertz CT molecular complexity index is 665. The molecule has 2 aliphatic heterocycles. The first kappa shape index (κ1) is 19.5. The van der Waals surface area contributed by atoms with Crippen molar-refractivity contribution >= 4 is 12.2 Å². The summed E-state index contributed by atoms with van der Waals surface area (Å²) in [4.78, 5) is 26.4. The fourth-order valence-corrected chi connectivity index (χ4v) is 3.55. The van der Waals surface area contributed by atoms with Gasteiger partial charge in [-0.3, -0.25) is 0 Å². The highest BCUT2D eigenvalue weighted by atomic mass is 16.6. The van der Waals surface area contributed by atoms with Crippen LogP contribution >= 0.6 is 0 Å². The van der Waals surface area contributed by atoms with Crippen LogP contribution < -0.4 is 5.32 Å². The van der Waals surface area contributed by atoms with E-state index in [0.29, 0.717) is 19.7 Å². The Balaban J connectivity index is 1.60. The van der Waals surface area contributed by atoms with Crippen LogP contribution in [0.3, 0.4) is 0 Å². The lowest BCUT2D eigenvalue weighted by molar-refractivity contribution is -0.0109. The van der Waals surface area contributed by atoms with Gasteiger partial charge in [0.05, 0.1) is 12.6 Å². The van der Waals surface area contributed by atoms with Crippen molar-refractivity contribution in [2.45, 2.75) is 57.5 Å². The molecule has 7 heteroatoms. The van der Waals surface area contributed by atoms with Gasteiger partial charge in [0.1, 0.15) is 17.8 Å². The molecule has 148 valence electrons. The maximum Gasteiger partial charge on any atom is 0.410 e. The number of hydrogen-bond donors (Lipinski definition) is 1. The summed E-state index contributed by atoms with van der Waals surface area (Å²) < 4.78 is 16.8. The Morgan fingerprint density at radius 3 is 2.67 bits per heavy atom. The molecule has 1 aromatic carbocycles. The molecule has 2 saturated heterocycles. The second-order valence-electron chi connectivity index (χ2n) is 8.14. The van der Waals surface area contributed by atoms with Gasteiger partial charge in [-0.2, -0.15) is 0 Å². The molecular formula is C20H28N2O5. The predicted octanol–water partition coefficient (Wildman–Crippen LogP) is 3.08. The fraction of sp³-hybridized carbons (Fsp3) is 0.600. The molecule has 3 rings (SSSR count). The van der Waals surface area contributed by atoms with E-state index in [9.17, 15) is 9.59 Å². The van der Waals surface area contributed by atoms with Crippen LogP contribution in [0.2, 0.25) is 0 Å². The minimum atomic E-state index is -0.569. The third kappa shape index (κ3) is 4.91. The standard InChI is InChI=1S/C20H28N2O5/c1-19(2,3)27-18(24)22-12-16(20(14-22)10-7-11-26-20)21-17(23)25-13-15-8-5-4-6-9-15/h4-6,8-9,16H,7,10-14H2,1-3H3,(H,21,23)/t16-,20+/m0/s1. The number of nitrogens with zero attached hydrogens (tertiary/aromatic N) is 1. The van der Waals surface area contributed by atoms with Crippen LogP contribution in [0.1, 0.15) is 39.2 Å². The van der Waals surface area contributed by atoms with Gasteiger partial charge in [-0.25, -0.2) is 9.59 Å². The van der Waals surface area contributed by atoms with Crippen molar-refractivity contribution in [3.05, 3.63) is 35.9 Å². The van der Waals surface area contributed by atoms with Crippen molar-refractivity contribution in [1.29, 1.82) is 0 Å². The average Bonchev–Trinajstić information content (AvgIpc) is 3.21. The van der Waals surface area contributed by atoms with E-state index in [0.717, 1.165) is 18.4 Å². The van der Waals surface area contributed by atoms with Gasteiger partial charge in [0.2, 0.25) is 0 Å². The van der Waals surface area contributed by atoms with Crippen molar-refractivity contribution in [2.75, 3.05) is 19.7 Å². The van der Waals surface area contributed by atoms with Gasteiger partial charge in [-0.05, 0) is 39.2 Å². The number of likely N-dealkylation sites (tertiary alicyclic amines) is 1. The molecule has 1 aromatic rings. The third-order valence-corrected chi connectivity index (χ3v) is 4.79. The maximum atomic E-state index is 12.4. The molecular weight excluding hydrogens is 348 g/mol. The molecule has 2 atom stereocenters. The molecule has 2 heterocycles. The van der Waals surface area contributed by atoms with E-state index >= 15 is 0 Å². The van der Waals surface area contributed by atoms with E-state index in [1.165, 1.54) is 0 Å². The molecule has 2 amide bonds. The minimum Gasteiger partial charge on any atom is -0.445 e. The summed E-state index contributed by atoms with van der Waals surface area (Å²) in [6.45, 7) is 7.07. The number of carbonyl (C=O) groups excluding carboxylic acids is 2. The van der Waals surface area contributed by atoms with Gasteiger partial charge in [0, 0.05) is 13.2 Å². The predicted molar refractivity (Wildman–Crippen MR) is 99.3 cm³/mol. The fourth-order valence-electron chi connectivity index (χ4n) is 3.55. The molecule has 0 aliphatic carbocycles. The Kier molecular flexibility index (Phi) is 5.60. The smallest absolute Gasteiger partial charge is 0.410 e. The number of alkyl carbamates (subject to hydrolysis) is 1. The van der Waals surface area contributed by atoms with Crippen LogP contribution in [0.25, 0.3) is 0 Å². The molecule has 1 spiro atoms. The first-order valence-electron chi connectivity index (χ1n) is 9.37. The highest BCUT2D eigenvalue weighted by Crippen LogP contribution is 2.36. The van der Waals surface area contributed by atoms with E-state index in [1.807, 2.05) is 51.1 Å². The largest absolute Gasteiger partial charge is 0.445 e.